The van der Waals surface area contributed by atoms with Crippen LogP contribution in [0.4, 0.5) is 4.79 Å². The van der Waals surface area contributed by atoms with Gasteiger partial charge in [-0.3, -0.25) is 9.69 Å². The maximum atomic E-state index is 13.1. The molecule has 0 unspecified atom stereocenters. The lowest BCUT2D eigenvalue weighted by atomic mass is 9.97. The number of ether oxygens (including phenoxy) is 4. The molecule has 250 valence electrons. The van der Waals surface area contributed by atoms with Gasteiger partial charge >= 0.3 is 12.1 Å². The van der Waals surface area contributed by atoms with Crippen molar-refractivity contribution in [3.8, 4) is 11.1 Å². The molecular weight excluding hydrogens is 596 g/mol. The van der Waals surface area contributed by atoms with Gasteiger partial charge in [0.2, 0.25) is 0 Å². The molecule has 1 amide bonds. The Morgan fingerprint density at radius 1 is 1.02 bits per heavy atom. The van der Waals surface area contributed by atoms with E-state index in [1.54, 1.807) is 0 Å². The number of esters is 1. The molecule has 4 atom stereocenters. The van der Waals surface area contributed by atoms with E-state index in [0.717, 1.165) is 52.8 Å². The van der Waals surface area contributed by atoms with Crippen LogP contribution < -0.4 is 5.32 Å². The minimum Gasteiger partial charge on any atom is -0.459 e. The summed E-state index contributed by atoms with van der Waals surface area (Å²) >= 11 is 0. The normalized spacial score (nSPS) is 21.6. The molecule has 2 aliphatic rings. The number of aliphatic hydroxyl groups excluding tert-OH is 1. The number of alkyl carbamates (subject to hydrolysis) is 1. The SMILES string of the molecule is C=CCOC(=O)NCc1ccccc1-c1ccc([C@@H]2O[C@H](CN3CCC[C@H]3C(=O)OC(C)(C)C)C[C@H](c3ccc(CO)cc3)O2)cc1. The molecule has 0 spiro atoms. The molecule has 2 saturated heterocycles. The maximum absolute atomic E-state index is 13.1. The van der Waals surface area contributed by atoms with Crippen molar-refractivity contribution < 1.29 is 33.6 Å². The summed E-state index contributed by atoms with van der Waals surface area (Å²) in [5.74, 6) is -0.186. The lowest BCUT2D eigenvalue weighted by Gasteiger charge is -2.38. The van der Waals surface area contributed by atoms with Crippen molar-refractivity contribution in [3.05, 3.63) is 108 Å². The second kappa shape index (κ2) is 15.7. The van der Waals surface area contributed by atoms with E-state index in [1.165, 1.54) is 6.08 Å². The van der Waals surface area contributed by atoms with Crippen molar-refractivity contribution in [2.45, 2.75) is 83.3 Å². The molecule has 2 fully saturated rings. The van der Waals surface area contributed by atoms with E-state index < -0.39 is 18.0 Å². The number of hydrogen-bond donors (Lipinski definition) is 2. The predicted molar refractivity (Wildman–Crippen MR) is 179 cm³/mol. The summed E-state index contributed by atoms with van der Waals surface area (Å²) in [7, 11) is 0. The van der Waals surface area contributed by atoms with E-state index in [0.29, 0.717) is 19.5 Å². The van der Waals surface area contributed by atoms with E-state index in [4.69, 9.17) is 18.9 Å². The Bertz CT molecular complexity index is 1500. The number of nitrogens with one attached hydrogen (secondary N) is 1. The van der Waals surface area contributed by atoms with Crippen molar-refractivity contribution >= 4 is 12.1 Å². The summed E-state index contributed by atoms with van der Waals surface area (Å²) in [6, 6.07) is 23.5. The van der Waals surface area contributed by atoms with Gasteiger partial charge in [0.15, 0.2) is 6.29 Å². The Morgan fingerprint density at radius 2 is 1.74 bits per heavy atom. The average molecular weight is 643 g/mol. The topological polar surface area (TPSA) is 107 Å². The summed E-state index contributed by atoms with van der Waals surface area (Å²) < 4.78 is 24.0. The summed E-state index contributed by atoms with van der Waals surface area (Å²) in [4.78, 5) is 27.2. The number of aliphatic hydroxyl groups is 1. The molecule has 0 saturated carbocycles. The summed E-state index contributed by atoms with van der Waals surface area (Å²) in [5.41, 5.74) is 5.13. The minimum absolute atomic E-state index is 0.0217. The Balaban J connectivity index is 1.34. The first-order valence-electron chi connectivity index (χ1n) is 16.3. The Morgan fingerprint density at radius 3 is 2.45 bits per heavy atom. The van der Waals surface area contributed by atoms with Gasteiger partial charge in [0, 0.05) is 25.1 Å². The number of rotatable bonds is 11. The first kappa shape index (κ1) is 34.3. The first-order valence-corrected chi connectivity index (χ1v) is 16.3. The van der Waals surface area contributed by atoms with Gasteiger partial charge in [-0.05, 0) is 68.0 Å². The fraction of sp³-hybridized carbons (Fsp3) is 0.421. The number of carbonyl (C=O) groups excluding carboxylic acids is 2. The molecule has 0 radical (unpaired) electrons. The molecule has 5 rings (SSSR count). The van der Waals surface area contributed by atoms with E-state index in [2.05, 4.69) is 16.8 Å². The van der Waals surface area contributed by atoms with Gasteiger partial charge in [0.05, 0.1) is 18.8 Å². The van der Waals surface area contributed by atoms with Gasteiger partial charge in [-0.15, -0.1) is 0 Å². The van der Waals surface area contributed by atoms with Crippen LogP contribution >= 0.6 is 0 Å². The van der Waals surface area contributed by atoms with Crippen LogP contribution in [0.3, 0.4) is 0 Å². The van der Waals surface area contributed by atoms with Gasteiger partial charge in [0.1, 0.15) is 18.2 Å². The Kier molecular flexibility index (Phi) is 11.5. The smallest absolute Gasteiger partial charge is 0.407 e. The Labute approximate surface area is 277 Å². The monoisotopic (exact) mass is 642 g/mol. The van der Waals surface area contributed by atoms with Gasteiger partial charge in [-0.25, -0.2) is 4.79 Å². The second-order valence-electron chi connectivity index (χ2n) is 13.1. The molecule has 3 aromatic rings. The van der Waals surface area contributed by atoms with E-state index in [9.17, 15) is 14.7 Å². The van der Waals surface area contributed by atoms with Gasteiger partial charge in [0.25, 0.3) is 0 Å². The largest absolute Gasteiger partial charge is 0.459 e. The zero-order valence-electron chi connectivity index (χ0n) is 27.5. The number of hydrogen-bond acceptors (Lipinski definition) is 8. The summed E-state index contributed by atoms with van der Waals surface area (Å²) in [6.07, 6.45) is 2.30. The molecule has 47 heavy (non-hydrogen) atoms. The summed E-state index contributed by atoms with van der Waals surface area (Å²) in [5, 5.41) is 12.4. The maximum Gasteiger partial charge on any atom is 0.407 e. The van der Waals surface area contributed by atoms with Crippen LogP contribution in [0.25, 0.3) is 11.1 Å². The van der Waals surface area contributed by atoms with Crippen LogP contribution in [0.2, 0.25) is 0 Å². The van der Waals surface area contributed by atoms with Crippen LogP contribution in [-0.4, -0.2) is 59.5 Å². The fourth-order valence-electron chi connectivity index (χ4n) is 6.10. The average Bonchev–Trinajstić information content (AvgIpc) is 3.54. The number of amides is 1. The third-order valence-electron chi connectivity index (χ3n) is 8.36. The molecule has 9 nitrogen and oxygen atoms in total. The molecule has 0 aliphatic carbocycles. The molecule has 0 aromatic heterocycles. The van der Waals surface area contributed by atoms with E-state index >= 15 is 0 Å². The highest BCUT2D eigenvalue weighted by Crippen LogP contribution is 2.39. The predicted octanol–water partition coefficient (Wildman–Crippen LogP) is 6.61. The minimum atomic E-state index is -0.621. The molecular formula is C38H46N2O7. The second-order valence-corrected chi connectivity index (χ2v) is 13.1. The number of benzene rings is 3. The van der Waals surface area contributed by atoms with Crippen LogP contribution in [0.5, 0.6) is 0 Å². The molecule has 0 bridgehead atoms. The molecule has 2 aliphatic heterocycles. The van der Waals surface area contributed by atoms with Crippen LogP contribution in [0.15, 0.2) is 85.5 Å². The Hall–Kier alpha value is -4.02. The lowest BCUT2D eigenvalue weighted by Crippen LogP contribution is -2.45. The molecule has 2 N–H and O–H groups in total. The van der Waals surface area contributed by atoms with E-state index in [1.807, 2.05) is 93.6 Å². The number of nitrogens with zero attached hydrogens (tertiary/aromatic N) is 1. The highest BCUT2D eigenvalue weighted by atomic mass is 16.7. The van der Waals surface area contributed by atoms with Crippen molar-refractivity contribution in [1.29, 1.82) is 0 Å². The van der Waals surface area contributed by atoms with Crippen molar-refractivity contribution in [2.24, 2.45) is 0 Å². The third-order valence-corrected chi connectivity index (χ3v) is 8.36. The third kappa shape index (κ3) is 9.29. The molecule has 9 heteroatoms. The summed E-state index contributed by atoms with van der Waals surface area (Å²) in [6.45, 7) is 11.1. The van der Waals surface area contributed by atoms with Gasteiger partial charge < -0.3 is 29.4 Å². The molecule has 3 aromatic carbocycles. The number of carbonyl (C=O) groups is 2. The van der Waals surface area contributed by atoms with Crippen molar-refractivity contribution in [1.82, 2.24) is 10.2 Å². The van der Waals surface area contributed by atoms with E-state index in [-0.39, 0.29) is 37.4 Å². The zero-order valence-corrected chi connectivity index (χ0v) is 27.5. The first-order chi connectivity index (χ1) is 22.6. The van der Waals surface area contributed by atoms with Gasteiger partial charge in [-0.2, -0.15) is 0 Å². The van der Waals surface area contributed by atoms with Crippen LogP contribution in [0, 0.1) is 0 Å². The zero-order chi connectivity index (χ0) is 33.4. The fourth-order valence-corrected chi connectivity index (χ4v) is 6.10. The van der Waals surface area contributed by atoms with Gasteiger partial charge in [-0.1, -0.05) is 85.5 Å². The molecule has 2 heterocycles. The van der Waals surface area contributed by atoms with Crippen LogP contribution in [0.1, 0.15) is 74.7 Å². The highest BCUT2D eigenvalue weighted by Gasteiger charge is 2.39. The van der Waals surface area contributed by atoms with Crippen LogP contribution in [-0.2, 0) is 36.9 Å². The standard InChI is InChI=1S/C38H46N2O7/c1-5-21-44-37(43)39-23-30-9-6-7-10-32(30)27-16-18-29(19-17-27)36-45-31(22-34(46-36)28-14-12-26(25-41)13-15-28)24-40-20-8-11-33(40)35(42)47-38(2,3)4/h5-7,9-10,12-19,31,33-34,36,41H,1,8,11,20-25H2,2-4H3,(H,39,43)/t31-,33-,34+,36+/m0/s1. The van der Waals surface area contributed by atoms with Crippen molar-refractivity contribution in [2.75, 3.05) is 19.7 Å². The lowest BCUT2D eigenvalue weighted by molar-refractivity contribution is -0.253. The van der Waals surface area contributed by atoms with Crippen molar-refractivity contribution in [3.63, 3.8) is 0 Å². The number of likely N-dealkylation sites (tertiary alicyclic amines) is 1. The quantitative estimate of drug-likeness (QED) is 0.178. The highest BCUT2D eigenvalue weighted by molar-refractivity contribution is 5.76.